The summed E-state index contributed by atoms with van der Waals surface area (Å²) in [7, 11) is 0. The van der Waals surface area contributed by atoms with E-state index in [1.165, 1.54) is 0 Å². The van der Waals surface area contributed by atoms with Crippen LogP contribution in [-0.2, 0) is 0 Å². The van der Waals surface area contributed by atoms with Gasteiger partial charge in [-0.1, -0.05) is 0 Å². The quantitative estimate of drug-likeness (QED) is 0.800. The average molecular weight is 233 g/mol. The number of hydrogen-bond acceptors (Lipinski definition) is 3. The first-order chi connectivity index (χ1) is 8.00. The smallest absolute Gasteiger partial charge is 0.248 e. The van der Waals surface area contributed by atoms with Crippen molar-refractivity contribution in [3.05, 3.63) is 29.8 Å². The van der Waals surface area contributed by atoms with Gasteiger partial charge in [-0.3, -0.25) is 4.79 Å². The van der Waals surface area contributed by atoms with Crippen molar-refractivity contribution >= 4 is 11.6 Å². The van der Waals surface area contributed by atoms with Gasteiger partial charge in [-0.2, -0.15) is 0 Å². The molecule has 0 aromatic heterocycles. The number of rotatable bonds is 2. The molecule has 92 valence electrons. The van der Waals surface area contributed by atoms with Crippen molar-refractivity contribution in [2.45, 2.75) is 19.4 Å². The number of carbonyl (C=O) groups excluding carboxylic acids is 1. The van der Waals surface area contributed by atoms with Gasteiger partial charge in [0.25, 0.3) is 0 Å². The molecule has 2 rings (SSSR count). The zero-order chi connectivity index (χ0) is 12.5. The fourth-order valence-corrected chi connectivity index (χ4v) is 2.27. The van der Waals surface area contributed by atoms with E-state index in [4.69, 9.17) is 5.73 Å². The van der Waals surface area contributed by atoms with Gasteiger partial charge in [0.15, 0.2) is 0 Å². The van der Waals surface area contributed by atoms with Crippen molar-refractivity contribution in [3.63, 3.8) is 0 Å². The minimum atomic E-state index is -0.379. The van der Waals surface area contributed by atoms with Crippen molar-refractivity contribution < 1.29 is 4.79 Å². The van der Waals surface area contributed by atoms with Gasteiger partial charge in [0.2, 0.25) is 5.91 Å². The zero-order valence-corrected chi connectivity index (χ0v) is 10.4. The summed E-state index contributed by atoms with van der Waals surface area (Å²) >= 11 is 0. The molecule has 0 saturated carbocycles. The van der Waals surface area contributed by atoms with E-state index in [-0.39, 0.29) is 11.4 Å². The second kappa shape index (κ2) is 4.37. The minimum absolute atomic E-state index is 0.0898. The summed E-state index contributed by atoms with van der Waals surface area (Å²) in [4.78, 5) is 13.4. The third-order valence-electron chi connectivity index (χ3n) is 3.26. The predicted octanol–water partition coefficient (Wildman–Crippen LogP) is 0.974. The second-order valence-electron chi connectivity index (χ2n) is 5.05. The monoisotopic (exact) mass is 233 g/mol. The lowest BCUT2D eigenvalue weighted by Crippen LogP contribution is -2.58. The van der Waals surface area contributed by atoms with Crippen molar-refractivity contribution in [1.82, 2.24) is 5.32 Å². The molecule has 4 heteroatoms. The normalized spacial score (nSPS) is 19.1. The first kappa shape index (κ1) is 11.9. The molecule has 4 nitrogen and oxygen atoms in total. The third-order valence-corrected chi connectivity index (χ3v) is 3.26. The van der Waals surface area contributed by atoms with Crippen LogP contribution in [0.15, 0.2) is 24.3 Å². The summed E-state index contributed by atoms with van der Waals surface area (Å²) in [5, 5.41) is 3.39. The number of nitrogens with one attached hydrogen (secondary N) is 1. The molecule has 1 aliphatic heterocycles. The van der Waals surface area contributed by atoms with Crippen LogP contribution in [0.5, 0.6) is 0 Å². The average Bonchev–Trinajstić information content (AvgIpc) is 2.28. The largest absolute Gasteiger partial charge is 0.366 e. The molecule has 0 atom stereocenters. The Bertz CT molecular complexity index is 411. The fraction of sp³-hybridized carbons (Fsp3) is 0.462. The maximum absolute atomic E-state index is 11.0. The molecule has 0 bridgehead atoms. The number of hydrogen-bond donors (Lipinski definition) is 2. The molecule has 0 aliphatic carbocycles. The maximum Gasteiger partial charge on any atom is 0.248 e. The Morgan fingerprint density at radius 2 is 2.00 bits per heavy atom. The van der Waals surface area contributed by atoms with Gasteiger partial charge >= 0.3 is 0 Å². The van der Waals surface area contributed by atoms with Crippen LogP contribution in [-0.4, -0.2) is 31.1 Å². The van der Waals surface area contributed by atoms with Gasteiger partial charge in [-0.05, 0) is 38.1 Å². The van der Waals surface area contributed by atoms with Gasteiger partial charge < -0.3 is 16.0 Å². The van der Waals surface area contributed by atoms with Crippen molar-refractivity contribution in [1.29, 1.82) is 0 Å². The van der Waals surface area contributed by atoms with Crippen LogP contribution in [0.3, 0.4) is 0 Å². The van der Waals surface area contributed by atoms with Gasteiger partial charge in [0.1, 0.15) is 0 Å². The van der Waals surface area contributed by atoms with E-state index in [0.717, 1.165) is 25.3 Å². The van der Waals surface area contributed by atoms with E-state index in [9.17, 15) is 4.79 Å². The molecule has 1 aliphatic rings. The number of benzene rings is 1. The van der Waals surface area contributed by atoms with Gasteiger partial charge in [0.05, 0.1) is 0 Å². The first-order valence-corrected chi connectivity index (χ1v) is 5.89. The van der Waals surface area contributed by atoms with E-state index in [1.54, 1.807) is 12.1 Å². The van der Waals surface area contributed by atoms with Crippen molar-refractivity contribution in [2.75, 3.05) is 24.5 Å². The number of piperazine rings is 1. The molecule has 17 heavy (non-hydrogen) atoms. The molecule has 1 aromatic carbocycles. The molecular weight excluding hydrogens is 214 g/mol. The number of nitrogens with zero attached hydrogens (tertiary/aromatic N) is 1. The van der Waals surface area contributed by atoms with Crippen LogP contribution < -0.4 is 16.0 Å². The van der Waals surface area contributed by atoms with E-state index in [2.05, 4.69) is 24.1 Å². The van der Waals surface area contributed by atoms with Crippen LogP contribution in [0.1, 0.15) is 24.2 Å². The first-order valence-electron chi connectivity index (χ1n) is 5.89. The molecule has 1 aromatic rings. The van der Waals surface area contributed by atoms with E-state index < -0.39 is 0 Å². The number of carbonyl (C=O) groups is 1. The molecule has 0 unspecified atom stereocenters. The van der Waals surface area contributed by atoms with E-state index in [1.807, 2.05) is 12.1 Å². The Kier molecular flexibility index (Phi) is 3.07. The molecule has 1 heterocycles. The molecule has 1 saturated heterocycles. The van der Waals surface area contributed by atoms with Crippen molar-refractivity contribution in [3.8, 4) is 0 Å². The van der Waals surface area contributed by atoms with Crippen LogP contribution >= 0.6 is 0 Å². The third kappa shape index (κ3) is 2.42. The predicted molar refractivity (Wildman–Crippen MR) is 69.3 cm³/mol. The van der Waals surface area contributed by atoms with Crippen LogP contribution in [0.4, 0.5) is 5.69 Å². The summed E-state index contributed by atoms with van der Waals surface area (Å²) in [6, 6.07) is 7.51. The van der Waals surface area contributed by atoms with Crippen LogP contribution in [0.2, 0.25) is 0 Å². The number of anilines is 1. The highest BCUT2D eigenvalue weighted by Crippen LogP contribution is 2.25. The molecule has 0 spiro atoms. The second-order valence-corrected chi connectivity index (χ2v) is 5.05. The lowest BCUT2D eigenvalue weighted by Gasteiger charge is -2.44. The van der Waals surface area contributed by atoms with E-state index in [0.29, 0.717) is 5.56 Å². The lowest BCUT2D eigenvalue weighted by molar-refractivity contribution is 0.100. The highest BCUT2D eigenvalue weighted by atomic mass is 16.1. The highest BCUT2D eigenvalue weighted by molar-refractivity contribution is 5.93. The summed E-state index contributed by atoms with van der Waals surface area (Å²) in [5.41, 5.74) is 7.02. The van der Waals surface area contributed by atoms with Gasteiger partial charge in [0, 0.05) is 36.4 Å². The minimum Gasteiger partial charge on any atom is -0.366 e. The summed E-state index contributed by atoms with van der Waals surface area (Å²) in [5.74, 6) is -0.379. The Balaban J connectivity index is 2.24. The van der Waals surface area contributed by atoms with Gasteiger partial charge in [-0.15, -0.1) is 0 Å². The Morgan fingerprint density at radius 3 is 2.53 bits per heavy atom. The van der Waals surface area contributed by atoms with Crippen LogP contribution in [0, 0.1) is 0 Å². The Morgan fingerprint density at radius 1 is 1.35 bits per heavy atom. The van der Waals surface area contributed by atoms with E-state index >= 15 is 0 Å². The number of nitrogens with two attached hydrogens (primary N) is 1. The summed E-state index contributed by atoms with van der Waals surface area (Å²) < 4.78 is 0. The Hall–Kier alpha value is -1.55. The standard InChI is InChI=1S/C13H19N3O/c1-13(2)9-15-7-8-16(13)11-5-3-10(4-6-11)12(14)17/h3-6,15H,7-9H2,1-2H3,(H2,14,17). The van der Waals surface area contributed by atoms with Crippen LogP contribution in [0.25, 0.3) is 0 Å². The number of primary amides is 1. The number of amides is 1. The maximum atomic E-state index is 11.0. The fourth-order valence-electron chi connectivity index (χ4n) is 2.27. The highest BCUT2D eigenvalue weighted by Gasteiger charge is 2.29. The molecular formula is C13H19N3O. The molecule has 0 radical (unpaired) electrons. The topological polar surface area (TPSA) is 58.4 Å². The summed E-state index contributed by atoms with van der Waals surface area (Å²) in [6.07, 6.45) is 0. The SMILES string of the molecule is CC1(C)CNCCN1c1ccc(C(N)=O)cc1. The van der Waals surface area contributed by atoms with Gasteiger partial charge in [-0.25, -0.2) is 0 Å². The molecule has 1 fully saturated rings. The summed E-state index contributed by atoms with van der Waals surface area (Å²) in [6.45, 7) is 7.34. The Labute approximate surface area is 102 Å². The lowest BCUT2D eigenvalue weighted by atomic mass is 9.99. The zero-order valence-electron chi connectivity index (χ0n) is 10.4. The molecule has 3 N–H and O–H groups in total. The molecule has 1 amide bonds. The van der Waals surface area contributed by atoms with Crippen molar-refractivity contribution in [2.24, 2.45) is 5.73 Å².